The summed E-state index contributed by atoms with van der Waals surface area (Å²) in [6.45, 7) is 0. The van der Waals surface area contributed by atoms with Crippen molar-refractivity contribution in [3.8, 4) is 11.5 Å². The average Bonchev–Trinajstić information content (AvgIpc) is 2.44. The first-order valence-corrected chi connectivity index (χ1v) is 7.79. The van der Waals surface area contributed by atoms with Crippen LogP contribution >= 0.6 is 0 Å². The molecule has 0 aliphatic heterocycles. The fraction of sp³-hybridized carbons (Fsp3) is 0.133. The summed E-state index contributed by atoms with van der Waals surface area (Å²) in [7, 11) is -4.62. The van der Waals surface area contributed by atoms with E-state index in [2.05, 4.69) is 4.18 Å². The molecule has 0 aromatic heterocycles. The van der Waals surface area contributed by atoms with Gasteiger partial charge in [-0.05, 0) is 30.2 Å². The van der Waals surface area contributed by atoms with Gasteiger partial charge < -0.3 is 9.29 Å². The summed E-state index contributed by atoms with van der Waals surface area (Å²) in [6, 6.07) is 12.2. The number of phenols is 1. The van der Waals surface area contributed by atoms with E-state index < -0.39 is 10.4 Å². The van der Waals surface area contributed by atoms with Crippen LogP contribution in [0.5, 0.6) is 11.5 Å². The SMILES string of the molecule is O=C(CCc1ccccc1O)c1cccc(OS(=O)(=O)O)c1. The van der Waals surface area contributed by atoms with E-state index in [0.29, 0.717) is 12.0 Å². The number of para-hydroxylation sites is 1. The molecule has 0 spiro atoms. The molecule has 116 valence electrons. The first kappa shape index (κ1) is 16.0. The minimum absolute atomic E-state index is 0.124. The van der Waals surface area contributed by atoms with Gasteiger partial charge in [-0.2, -0.15) is 8.42 Å². The van der Waals surface area contributed by atoms with Crippen LogP contribution in [-0.2, 0) is 16.8 Å². The monoisotopic (exact) mass is 322 g/mol. The Morgan fingerprint density at radius 3 is 2.50 bits per heavy atom. The molecule has 2 N–H and O–H groups in total. The lowest BCUT2D eigenvalue weighted by atomic mass is 10.0. The van der Waals surface area contributed by atoms with E-state index in [9.17, 15) is 18.3 Å². The van der Waals surface area contributed by atoms with E-state index in [1.807, 2.05) is 0 Å². The average molecular weight is 322 g/mol. The Kier molecular flexibility index (Phi) is 4.79. The largest absolute Gasteiger partial charge is 0.508 e. The number of hydrogen-bond acceptors (Lipinski definition) is 5. The minimum atomic E-state index is -4.62. The van der Waals surface area contributed by atoms with Crippen LogP contribution < -0.4 is 4.18 Å². The first-order valence-electron chi connectivity index (χ1n) is 6.42. The van der Waals surface area contributed by atoms with Gasteiger partial charge in [0.15, 0.2) is 5.78 Å². The lowest BCUT2D eigenvalue weighted by Gasteiger charge is -2.06. The number of Topliss-reactive ketones (excluding diaryl/α,β-unsaturated/α-hetero) is 1. The van der Waals surface area contributed by atoms with Crippen molar-refractivity contribution in [3.63, 3.8) is 0 Å². The summed E-state index contributed by atoms with van der Waals surface area (Å²) >= 11 is 0. The normalized spacial score (nSPS) is 11.1. The zero-order valence-electron chi connectivity index (χ0n) is 11.5. The van der Waals surface area contributed by atoms with Crippen molar-refractivity contribution in [2.45, 2.75) is 12.8 Å². The molecule has 0 aliphatic rings. The third kappa shape index (κ3) is 4.57. The number of hydrogen-bond donors (Lipinski definition) is 2. The van der Waals surface area contributed by atoms with Crippen LogP contribution in [0.25, 0.3) is 0 Å². The molecule has 2 aromatic rings. The molecule has 0 saturated carbocycles. The lowest BCUT2D eigenvalue weighted by molar-refractivity contribution is 0.0982. The highest BCUT2D eigenvalue weighted by Gasteiger charge is 2.12. The molecule has 0 atom stereocenters. The lowest BCUT2D eigenvalue weighted by Crippen LogP contribution is -2.07. The van der Waals surface area contributed by atoms with E-state index in [1.165, 1.54) is 24.3 Å². The highest BCUT2D eigenvalue weighted by Crippen LogP contribution is 2.20. The fourth-order valence-electron chi connectivity index (χ4n) is 1.96. The second kappa shape index (κ2) is 6.59. The predicted octanol–water partition coefficient (Wildman–Crippen LogP) is 2.39. The molecule has 0 bridgehead atoms. The molecule has 22 heavy (non-hydrogen) atoms. The molecule has 0 radical (unpaired) electrons. The highest BCUT2D eigenvalue weighted by atomic mass is 32.3. The Morgan fingerprint density at radius 2 is 1.82 bits per heavy atom. The zero-order valence-corrected chi connectivity index (χ0v) is 12.3. The number of phenolic OH excluding ortho intramolecular Hbond substituents is 1. The van der Waals surface area contributed by atoms with Gasteiger partial charge in [0.25, 0.3) is 0 Å². The standard InChI is InChI=1S/C15H14O6S/c16-14-7-2-1-4-11(14)8-9-15(17)12-5-3-6-13(10-12)21-22(18,19)20/h1-7,10,16H,8-9H2,(H,18,19,20). The van der Waals surface area contributed by atoms with Crippen molar-refractivity contribution in [1.29, 1.82) is 0 Å². The first-order chi connectivity index (χ1) is 10.3. The number of carbonyl (C=O) groups is 1. The van der Waals surface area contributed by atoms with Gasteiger partial charge in [0.05, 0.1) is 0 Å². The molecule has 7 heteroatoms. The van der Waals surface area contributed by atoms with Gasteiger partial charge in [-0.25, -0.2) is 0 Å². The van der Waals surface area contributed by atoms with Crippen molar-refractivity contribution in [2.24, 2.45) is 0 Å². The maximum Gasteiger partial charge on any atom is 0.446 e. The van der Waals surface area contributed by atoms with Crippen LogP contribution in [0.4, 0.5) is 0 Å². The molecule has 0 fully saturated rings. The Hall–Kier alpha value is -2.38. The molecule has 2 rings (SSSR count). The van der Waals surface area contributed by atoms with Gasteiger partial charge in [0, 0.05) is 12.0 Å². The molecule has 2 aromatic carbocycles. The van der Waals surface area contributed by atoms with Crippen molar-refractivity contribution in [2.75, 3.05) is 0 Å². The summed E-state index contributed by atoms with van der Waals surface area (Å²) in [6.07, 6.45) is 0.502. The van der Waals surface area contributed by atoms with E-state index in [4.69, 9.17) is 4.55 Å². The number of rotatable bonds is 6. The summed E-state index contributed by atoms with van der Waals surface area (Å²) < 4.78 is 34.2. The van der Waals surface area contributed by atoms with Crippen LogP contribution in [0.3, 0.4) is 0 Å². The van der Waals surface area contributed by atoms with Gasteiger partial charge in [-0.15, -0.1) is 0 Å². The van der Waals surface area contributed by atoms with Crippen LogP contribution in [0, 0.1) is 0 Å². The van der Waals surface area contributed by atoms with Crippen LogP contribution in [0.2, 0.25) is 0 Å². The third-order valence-electron chi connectivity index (χ3n) is 2.97. The second-order valence-corrected chi connectivity index (χ2v) is 5.61. The Labute approximate surface area is 127 Å². The zero-order chi connectivity index (χ0) is 16.2. The van der Waals surface area contributed by atoms with Crippen molar-refractivity contribution >= 4 is 16.2 Å². The Balaban J connectivity index is 2.07. The maximum atomic E-state index is 12.1. The maximum absolute atomic E-state index is 12.1. The number of ketones is 1. The number of aryl methyl sites for hydroxylation is 1. The summed E-state index contributed by atoms with van der Waals surface area (Å²) in [5.41, 5.74) is 0.915. The number of carbonyl (C=O) groups excluding carboxylic acids is 1. The molecular weight excluding hydrogens is 308 g/mol. The van der Waals surface area contributed by atoms with Crippen LogP contribution in [0.15, 0.2) is 48.5 Å². The molecule has 0 unspecified atom stereocenters. The smallest absolute Gasteiger partial charge is 0.446 e. The molecule has 0 saturated heterocycles. The summed E-state index contributed by atoms with van der Waals surface area (Å²) in [4.78, 5) is 12.1. The number of benzene rings is 2. The Bertz CT molecular complexity index is 782. The van der Waals surface area contributed by atoms with Crippen LogP contribution in [0.1, 0.15) is 22.3 Å². The summed E-state index contributed by atoms with van der Waals surface area (Å²) in [5, 5.41) is 9.64. The van der Waals surface area contributed by atoms with Gasteiger partial charge in [0.2, 0.25) is 0 Å². The van der Waals surface area contributed by atoms with Gasteiger partial charge in [-0.3, -0.25) is 9.35 Å². The van der Waals surface area contributed by atoms with E-state index >= 15 is 0 Å². The van der Waals surface area contributed by atoms with E-state index in [-0.39, 0.29) is 29.3 Å². The fourth-order valence-corrected chi connectivity index (χ4v) is 2.30. The molecule has 6 nitrogen and oxygen atoms in total. The molecule has 0 aliphatic carbocycles. The molecular formula is C15H14O6S. The van der Waals surface area contributed by atoms with Gasteiger partial charge >= 0.3 is 10.4 Å². The van der Waals surface area contributed by atoms with Gasteiger partial charge in [-0.1, -0.05) is 30.3 Å². The second-order valence-electron chi connectivity index (χ2n) is 4.59. The van der Waals surface area contributed by atoms with E-state index in [1.54, 1.807) is 24.3 Å². The molecule has 0 amide bonds. The van der Waals surface area contributed by atoms with Gasteiger partial charge in [0.1, 0.15) is 11.5 Å². The quantitative estimate of drug-likeness (QED) is 0.625. The van der Waals surface area contributed by atoms with Crippen molar-refractivity contribution < 1.29 is 27.1 Å². The molecule has 0 heterocycles. The Morgan fingerprint density at radius 1 is 1.09 bits per heavy atom. The minimum Gasteiger partial charge on any atom is -0.508 e. The van der Waals surface area contributed by atoms with Crippen molar-refractivity contribution in [3.05, 3.63) is 59.7 Å². The predicted molar refractivity (Wildman–Crippen MR) is 79.4 cm³/mol. The third-order valence-corrected chi connectivity index (χ3v) is 3.37. The highest BCUT2D eigenvalue weighted by molar-refractivity contribution is 7.81. The van der Waals surface area contributed by atoms with Crippen molar-refractivity contribution in [1.82, 2.24) is 0 Å². The van der Waals surface area contributed by atoms with E-state index in [0.717, 1.165) is 0 Å². The van der Waals surface area contributed by atoms with Crippen LogP contribution in [-0.4, -0.2) is 23.9 Å². The topological polar surface area (TPSA) is 101 Å². The number of aromatic hydroxyl groups is 1. The summed E-state index contributed by atoms with van der Waals surface area (Å²) in [5.74, 6) is -0.251.